The number of hydrogen-bond donors (Lipinski definition) is 1. The Bertz CT molecular complexity index is 639. The maximum atomic E-state index is 12.2. The Morgan fingerprint density at radius 1 is 1.08 bits per heavy atom. The minimum Gasteiger partial charge on any atom is -0.494 e. The van der Waals surface area contributed by atoms with Gasteiger partial charge in [-0.25, -0.2) is 0 Å². The van der Waals surface area contributed by atoms with Crippen molar-refractivity contribution >= 4 is 5.91 Å². The molecule has 0 spiro atoms. The van der Waals surface area contributed by atoms with Gasteiger partial charge in [0.1, 0.15) is 5.75 Å². The molecule has 0 aliphatic heterocycles. The fourth-order valence-corrected chi connectivity index (χ4v) is 2.75. The maximum Gasteiger partial charge on any atom is 0.220 e. The Hall–Kier alpha value is -2.33. The number of rotatable bonds is 9. The average Bonchev–Trinajstić information content (AvgIpc) is 2.62. The zero-order valence-electron chi connectivity index (χ0n) is 15.4. The highest BCUT2D eigenvalue weighted by molar-refractivity contribution is 5.76. The number of likely N-dealkylation sites (N-methyl/N-ethyl adjacent to an activating group) is 1. The van der Waals surface area contributed by atoms with E-state index in [1.54, 1.807) is 0 Å². The predicted octanol–water partition coefficient (Wildman–Crippen LogP) is 3.44. The Morgan fingerprint density at radius 3 is 2.36 bits per heavy atom. The third kappa shape index (κ3) is 6.24. The van der Waals surface area contributed by atoms with Crippen LogP contribution in [0.1, 0.15) is 30.5 Å². The first-order valence-corrected chi connectivity index (χ1v) is 8.80. The zero-order valence-corrected chi connectivity index (χ0v) is 15.4. The molecule has 25 heavy (non-hydrogen) atoms. The van der Waals surface area contributed by atoms with Crippen molar-refractivity contribution in [1.29, 1.82) is 0 Å². The van der Waals surface area contributed by atoms with E-state index in [2.05, 4.69) is 34.5 Å². The van der Waals surface area contributed by atoms with Crippen molar-refractivity contribution in [2.75, 3.05) is 27.2 Å². The molecule has 0 heterocycles. The predicted molar refractivity (Wildman–Crippen MR) is 102 cm³/mol. The Labute approximate surface area is 150 Å². The van der Waals surface area contributed by atoms with Crippen molar-refractivity contribution in [3.63, 3.8) is 0 Å². The second kappa shape index (κ2) is 9.84. The van der Waals surface area contributed by atoms with Gasteiger partial charge in [0.2, 0.25) is 5.91 Å². The molecule has 0 fully saturated rings. The summed E-state index contributed by atoms with van der Waals surface area (Å²) in [7, 11) is 4.05. The lowest BCUT2D eigenvalue weighted by atomic mass is 10.1. The lowest BCUT2D eigenvalue weighted by Gasteiger charge is -2.25. The summed E-state index contributed by atoms with van der Waals surface area (Å²) in [5, 5.41) is 3.06. The van der Waals surface area contributed by atoms with E-state index in [1.807, 2.05) is 51.4 Å². The van der Waals surface area contributed by atoms with Crippen molar-refractivity contribution in [2.24, 2.45) is 0 Å². The lowest BCUT2D eigenvalue weighted by Crippen LogP contribution is -2.34. The van der Waals surface area contributed by atoms with E-state index in [9.17, 15) is 4.79 Å². The molecule has 4 heteroatoms. The second-order valence-corrected chi connectivity index (χ2v) is 6.27. The summed E-state index contributed by atoms with van der Waals surface area (Å²) in [4.78, 5) is 14.3. The molecule has 0 aliphatic rings. The Morgan fingerprint density at radius 2 is 1.76 bits per heavy atom. The number of hydrogen-bond acceptors (Lipinski definition) is 3. The van der Waals surface area contributed by atoms with Crippen molar-refractivity contribution in [1.82, 2.24) is 10.2 Å². The number of amides is 1. The quantitative estimate of drug-likeness (QED) is 0.760. The van der Waals surface area contributed by atoms with Gasteiger partial charge in [-0.15, -0.1) is 0 Å². The van der Waals surface area contributed by atoms with E-state index in [-0.39, 0.29) is 11.9 Å². The first-order chi connectivity index (χ1) is 12.1. The van der Waals surface area contributed by atoms with Crippen LogP contribution in [0.25, 0.3) is 0 Å². The molecule has 1 unspecified atom stereocenters. The average molecular weight is 340 g/mol. The van der Waals surface area contributed by atoms with E-state index < -0.39 is 0 Å². The van der Waals surface area contributed by atoms with Gasteiger partial charge in [-0.1, -0.05) is 42.5 Å². The van der Waals surface area contributed by atoms with Crippen LogP contribution in [0.2, 0.25) is 0 Å². The molecule has 2 rings (SSSR count). The monoisotopic (exact) mass is 340 g/mol. The van der Waals surface area contributed by atoms with E-state index in [0.29, 0.717) is 19.6 Å². The summed E-state index contributed by atoms with van der Waals surface area (Å²) in [6.45, 7) is 3.23. The largest absolute Gasteiger partial charge is 0.494 e. The lowest BCUT2D eigenvalue weighted by molar-refractivity contribution is -0.121. The summed E-state index contributed by atoms with van der Waals surface area (Å²) in [6.07, 6.45) is 1.27. The molecule has 0 saturated heterocycles. The van der Waals surface area contributed by atoms with Gasteiger partial charge in [0.15, 0.2) is 0 Å². The number of aryl methyl sites for hydroxylation is 1. The van der Waals surface area contributed by atoms with Gasteiger partial charge in [-0.2, -0.15) is 0 Å². The maximum absolute atomic E-state index is 12.2. The number of benzene rings is 2. The molecule has 0 bridgehead atoms. The van der Waals surface area contributed by atoms with E-state index >= 15 is 0 Å². The van der Waals surface area contributed by atoms with Gasteiger partial charge in [-0.05, 0) is 50.7 Å². The van der Waals surface area contributed by atoms with Crippen LogP contribution < -0.4 is 10.1 Å². The summed E-state index contributed by atoms with van der Waals surface area (Å²) in [5.74, 6) is 0.956. The molecule has 1 atom stereocenters. The first-order valence-electron chi connectivity index (χ1n) is 8.80. The molecule has 2 aromatic rings. The fourth-order valence-electron chi connectivity index (χ4n) is 2.75. The summed E-state index contributed by atoms with van der Waals surface area (Å²) in [6, 6.07) is 18.3. The fraction of sp³-hybridized carbons (Fsp3) is 0.381. The minimum absolute atomic E-state index is 0.0849. The van der Waals surface area contributed by atoms with Crippen molar-refractivity contribution in [3.8, 4) is 5.75 Å². The van der Waals surface area contributed by atoms with Crippen LogP contribution in [0.15, 0.2) is 54.6 Å². The minimum atomic E-state index is 0.0849. The van der Waals surface area contributed by atoms with Gasteiger partial charge in [0, 0.05) is 13.0 Å². The van der Waals surface area contributed by atoms with Crippen LogP contribution >= 0.6 is 0 Å². The number of carbonyl (C=O) groups is 1. The van der Waals surface area contributed by atoms with Gasteiger partial charge >= 0.3 is 0 Å². The first kappa shape index (κ1) is 19.0. The molecule has 0 aromatic heterocycles. The van der Waals surface area contributed by atoms with E-state index in [1.165, 1.54) is 5.56 Å². The number of carbonyl (C=O) groups excluding carboxylic acids is 1. The molecule has 1 amide bonds. The van der Waals surface area contributed by atoms with Crippen LogP contribution in [0.3, 0.4) is 0 Å². The van der Waals surface area contributed by atoms with Crippen LogP contribution in [0.4, 0.5) is 0 Å². The van der Waals surface area contributed by atoms with Gasteiger partial charge < -0.3 is 15.0 Å². The van der Waals surface area contributed by atoms with E-state index in [4.69, 9.17) is 4.74 Å². The molecule has 134 valence electrons. The van der Waals surface area contributed by atoms with Crippen molar-refractivity contribution in [3.05, 3.63) is 65.7 Å². The number of nitrogens with one attached hydrogen (secondary N) is 1. The summed E-state index contributed by atoms with van der Waals surface area (Å²) < 4.78 is 5.49. The topological polar surface area (TPSA) is 41.6 Å². The van der Waals surface area contributed by atoms with Crippen LogP contribution in [0.5, 0.6) is 5.75 Å². The molecule has 2 aromatic carbocycles. The molecule has 0 saturated carbocycles. The van der Waals surface area contributed by atoms with Crippen molar-refractivity contribution < 1.29 is 9.53 Å². The summed E-state index contributed by atoms with van der Waals surface area (Å²) >= 11 is 0. The molecule has 4 nitrogen and oxygen atoms in total. The SMILES string of the molecule is CCOc1ccc(C(CNC(=O)CCc2ccccc2)N(C)C)cc1. The smallest absolute Gasteiger partial charge is 0.220 e. The third-order valence-electron chi connectivity index (χ3n) is 4.18. The van der Waals surface area contributed by atoms with Crippen LogP contribution in [-0.4, -0.2) is 38.1 Å². The standard InChI is InChI=1S/C21H28N2O2/c1-4-25-19-13-11-18(12-14-19)20(23(2)3)16-22-21(24)15-10-17-8-6-5-7-9-17/h5-9,11-14,20H,4,10,15-16H2,1-3H3,(H,22,24). The van der Waals surface area contributed by atoms with Gasteiger partial charge in [0.05, 0.1) is 12.6 Å². The zero-order chi connectivity index (χ0) is 18.1. The second-order valence-electron chi connectivity index (χ2n) is 6.27. The third-order valence-corrected chi connectivity index (χ3v) is 4.18. The summed E-state index contributed by atoms with van der Waals surface area (Å²) in [5.41, 5.74) is 2.35. The normalized spacial score (nSPS) is 12.0. The number of ether oxygens (including phenoxy) is 1. The molecular formula is C21H28N2O2. The molecule has 1 N–H and O–H groups in total. The van der Waals surface area contributed by atoms with Crippen LogP contribution in [-0.2, 0) is 11.2 Å². The molecule has 0 radical (unpaired) electrons. The molecule has 0 aliphatic carbocycles. The van der Waals surface area contributed by atoms with Crippen LogP contribution in [0, 0.1) is 0 Å². The highest BCUT2D eigenvalue weighted by atomic mass is 16.5. The van der Waals surface area contributed by atoms with Gasteiger partial charge in [0.25, 0.3) is 0 Å². The molecular weight excluding hydrogens is 312 g/mol. The highest BCUT2D eigenvalue weighted by Crippen LogP contribution is 2.21. The Balaban J connectivity index is 1.87. The Kier molecular flexibility index (Phi) is 7.48. The van der Waals surface area contributed by atoms with E-state index in [0.717, 1.165) is 17.7 Å². The number of nitrogens with zero attached hydrogens (tertiary/aromatic N) is 1. The van der Waals surface area contributed by atoms with Gasteiger partial charge in [-0.3, -0.25) is 4.79 Å². The van der Waals surface area contributed by atoms with Crippen molar-refractivity contribution in [2.45, 2.75) is 25.8 Å². The highest BCUT2D eigenvalue weighted by Gasteiger charge is 2.15.